The molecule has 4 bridgehead atoms. The number of amides is 1. The van der Waals surface area contributed by atoms with Crippen LogP contribution in [0.15, 0.2) is 42.4 Å². The Kier molecular flexibility index (Phi) is 4.92. The number of likely N-dealkylation sites (N-methyl/N-ethyl adjacent to an activating group) is 1. The predicted octanol–water partition coefficient (Wildman–Crippen LogP) is 3.29. The van der Waals surface area contributed by atoms with E-state index in [1.165, 1.54) is 30.3 Å². The summed E-state index contributed by atoms with van der Waals surface area (Å²) in [5.74, 6) is 2.46. The highest BCUT2D eigenvalue weighted by Gasteiger charge is 2.79. The van der Waals surface area contributed by atoms with Crippen molar-refractivity contribution in [2.45, 2.75) is 68.2 Å². The number of aromatic nitrogens is 2. The Bertz CT molecular complexity index is 1390. The molecular formula is C31H36N4O4. The first-order valence-corrected chi connectivity index (χ1v) is 14.4. The first kappa shape index (κ1) is 23.9. The van der Waals surface area contributed by atoms with E-state index in [4.69, 9.17) is 14.2 Å². The molecular weight excluding hydrogens is 492 g/mol. The van der Waals surface area contributed by atoms with Crippen LogP contribution in [0, 0.1) is 11.3 Å². The lowest BCUT2D eigenvalue weighted by Gasteiger charge is -2.70. The highest BCUT2D eigenvalue weighted by atomic mass is 16.6. The molecule has 8 heteroatoms. The van der Waals surface area contributed by atoms with Crippen LogP contribution in [0.3, 0.4) is 0 Å². The molecule has 1 aromatic heterocycles. The van der Waals surface area contributed by atoms with E-state index in [1.807, 2.05) is 13.1 Å². The Morgan fingerprint density at radius 2 is 2.08 bits per heavy atom. The van der Waals surface area contributed by atoms with Gasteiger partial charge in [-0.3, -0.25) is 9.69 Å². The number of nitrogens with zero attached hydrogens (tertiary/aromatic N) is 4. The third-order valence-electron chi connectivity index (χ3n) is 11.0. The van der Waals surface area contributed by atoms with Gasteiger partial charge >= 0.3 is 0 Å². The minimum Gasteiger partial charge on any atom is -0.493 e. The summed E-state index contributed by atoms with van der Waals surface area (Å²) in [6, 6.07) is 6.53. The molecule has 2 spiro atoms. The Labute approximate surface area is 229 Å². The smallest absolute Gasteiger partial charge is 0.252 e. The van der Waals surface area contributed by atoms with E-state index in [0.29, 0.717) is 12.6 Å². The number of hydrogen-bond donors (Lipinski definition) is 0. The maximum Gasteiger partial charge on any atom is 0.252 e. The quantitative estimate of drug-likeness (QED) is 0.546. The normalized spacial score (nSPS) is 35.2. The summed E-state index contributed by atoms with van der Waals surface area (Å²) in [5, 5.41) is 0. The molecule has 3 heterocycles. The highest BCUT2D eigenvalue weighted by molar-refractivity contribution is 5.97. The minimum absolute atomic E-state index is 0.00600. The number of piperidine rings is 1. The number of likely N-dealkylation sites (tertiary alicyclic amines) is 1. The SMILES string of the molecule is COc1ccc2c3c1O[C@@H]1[C@]34CCN(CC3CC3)[C@H](C2)[C@@]42C=C(C(=O)N(C)Cc3ccncn3)[C@]1(OC)CC2. The Balaban J connectivity index is 1.30. The molecule has 5 atom stereocenters. The fourth-order valence-corrected chi connectivity index (χ4v) is 9.18. The van der Waals surface area contributed by atoms with Crippen LogP contribution in [0.1, 0.15) is 48.9 Å². The van der Waals surface area contributed by atoms with Crippen LogP contribution in [-0.4, -0.2) is 77.8 Å². The lowest BCUT2D eigenvalue weighted by atomic mass is 9.37. The van der Waals surface area contributed by atoms with Gasteiger partial charge in [0.15, 0.2) is 11.5 Å². The lowest BCUT2D eigenvalue weighted by Crippen LogP contribution is -2.78. The van der Waals surface area contributed by atoms with Crippen molar-refractivity contribution in [1.82, 2.24) is 19.8 Å². The summed E-state index contributed by atoms with van der Waals surface area (Å²) in [7, 11) is 5.33. The molecule has 2 saturated carbocycles. The average molecular weight is 529 g/mol. The van der Waals surface area contributed by atoms with Crippen molar-refractivity contribution < 1.29 is 19.0 Å². The maximum atomic E-state index is 14.3. The fraction of sp³-hybridized carbons (Fsp3) is 0.581. The Morgan fingerprint density at radius 3 is 2.82 bits per heavy atom. The van der Waals surface area contributed by atoms with Gasteiger partial charge in [-0.05, 0) is 68.7 Å². The van der Waals surface area contributed by atoms with E-state index in [-0.39, 0.29) is 22.8 Å². The van der Waals surface area contributed by atoms with Crippen molar-refractivity contribution in [2.24, 2.45) is 11.3 Å². The number of hydrogen-bond acceptors (Lipinski definition) is 7. The number of rotatable bonds is 7. The molecule has 1 saturated heterocycles. The summed E-state index contributed by atoms with van der Waals surface area (Å²) < 4.78 is 19.4. The van der Waals surface area contributed by atoms with Gasteiger partial charge in [-0.15, -0.1) is 0 Å². The van der Waals surface area contributed by atoms with Crippen LogP contribution in [0.2, 0.25) is 0 Å². The Hall–Kier alpha value is -2.97. The van der Waals surface area contributed by atoms with Crippen LogP contribution < -0.4 is 9.47 Å². The predicted molar refractivity (Wildman–Crippen MR) is 143 cm³/mol. The number of carbonyl (C=O) groups excluding carboxylic acids is 1. The summed E-state index contributed by atoms with van der Waals surface area (Å²) in [6.45, 7) is 2.63. The number of benzene rings is 1. The highest BCUT2D eigenvalue weighted by Crippen LogP contribution is 2.75. The number of methoxy groups -OCH3 is 2. The zero-order valence-electron chi connectivity index (χ0n) is 23.0. The monoisotopic (exact) mass is 528 g/mol. The Morgan fingerprint density at radius 1 is 1.21 bits per heavy atom. The van der Waals surface area contributed by atoms with Gasteiger partial charge in [-0.2, -0.15) is 0 Å². The zero-order valence-corrected chi connectivity index (χ0v) is 23.0. The molecule has 7 aliphatic rings. The topological polar surface area (TPSA) is 77.0 Å². The van der Waals surface area contributed by atoms with Gasteiger partial charge in [0.1, 0.15) is 18.0 Å². The first-order valence-electron chi connectivity index (χ1n) is 14.4. The van der Waals surface area contributed by atoms with Gasteiger partial charge in [0.25, 0.3) is 5.91 Å². The molecule has 3 fully saturated rings. The van der Waals surface area contributed by atoms with Crippen molar-refractivity contribution in [3.63, 3.8) is 0 Å². The van der Waals surface area contributed by atoms with Gasteiger partial charge in [0.2, 0.25) is 0 Å². The van der Waals surface area contributed by atoms with Crippen LogP contribution >= 0.6 is 0 Å². The van der Waals surface area contributed by atoms with Gasteiger partial charge in [-0.25, -0.2) is 9.97 Å². The van der Waals surface area contributed by atoms with E-state index in [9.17, 15) is 4.79 Å². The zero-order chi connectivity index (χ0) is 26.6. The van der Waals surface area contributed by atoms with Crippen LogP contribution in [-0.2, 0) is 27.9 Å². The lowest BCUT2D eigenvalue weighted by molar-refractivity contribution is -0.198. The molecule has 9 rings (SSSR count). The van der Waals surface area contributed by atoms with Crippen molar-refractivity contribution >= 4 is 5.91 Å². The minimum atomic E-state index is -0.819. The largest absolute Gasteiger partial charge is 0.493 e. The molecule has 204 valence electrons. The first-order chi connectivity index (χ1) is 19.0. The molecule has 0 N–H and O–H groups in total. The van der Waals surface area contributed by atoms with Crippen molar-refractivity contribution in [3.8, 4) is 11.5 Å². The molecule has 0 radical (unpaired) electrons. The van der Waals surface area contributed by atoms with Crippen LogP contribution in [0.4, 0.5) is 0 Å². The van der Waals surface area contributed by atoms with Crippen molar-refractivity contribution in [1.29, 1.82) is 0 Å². The number of carbonyl (C=O) groups is 1. The van der Waals surface area contributed by atoms with Gasteiger partial charge in [0, 0.05) is 49.5 Å². The van der Waals surface area contributed by atoms with E-state index < -0.39 is 5.60 Å². The van der Waals surface area contributed by atoms with Crippen molar-refractivity contribution in [3.05, 3.63) is 59.2 Å². The summed E-state index contributed by atoms with van der Waals surface area (Å²) in [5.41, 5.74) is 3.04. The third-order valence-corrected chi connectivity index (χ3v) is 11.0. The van der Waals surface area contributed by atoms with Crippen molar-refractivity contribution in [2.75, 3.05) is 34.4 Å². The van der Waals surface area contributed by atoms with E-state index >= 15 is 0 Å². The molecule has 2 aromatic rings. The third kappa shape index (κ3) is 2.89. The van der Waals surface area contributed by atoms with E-state index in [2.05, 4.69) is 33.1 Å². The molecule has 39 heavy (non-hydrogen) atoms. The van der Waals surface area contributed by atoms with Gasteiger partial charge in [0.05, 0.1) is 24.8 Å². The molecule has 8 nitrogen and oxygen atoms in total. The molecule has 2 aliphatic heterocycles. The summed E-state index contributed by atoms with van der Waals surface area (Å²) >= 11 is 0. The second kappa shape index (κ2) is 8.04. The number of ether oxygens (including phenoxy) is 3. The standard InChI is InChI=1S/C31H36N4O4/c1-34(17-21-8-12-32-18-33-21)27(36)22-15-29-9-10-31(22,38-3)28-30(29)11-13-35(16-19-4-5-19)24(29)14-20-6-7-23(37-2)26(39-28)25(20)30/h6-8,12,15,18-19,24,28H,4-5,9-11,13-14,16-17H2,1-3H3/t24-,28-,29-,30+,31-/m1/s1. The van der Waals surface area contributed by atoms with Gasteiger partial charge in [-0.1, -0.05) is 12.1 Å². The second-order valence-electron chi connectivity index (χ2n) is 12.6. The average Bonchev–Trinajstić information content (AvgIpc) is 3.71. The van der Waals surface area contributed by atoms with E-state index in [1.54, 1.807) is 25.3 Å². The van der Waals surface area contributed by atoms with Crippen LogP contribution in [0.25, 0.3) is 0 Å². The molecule has 1 amide bonds. The van der Waals surface area contributed by atoms with E-state index in [0.717, 1.165) is 67.5 Å². The summed E-state index contributed by atoms with van der Waals surface area (Å²) in [4.78, 5) is 27.3. The maximum absolute atomic E-state index is 14.3. The number of fused-ring (bicyclic) bond motifs is 1. The van der Waals surface area contributed by atoms with Gasteiger partial charge < -0.3 is 19.1 Å². The fourth-order valence-electron chi connectivity index (χ4n) is 9.18. The molecule has 0 unspecified atom stereocenters. The molecule has 1 aromatic carbocycles. The molecule has 5 aliphatic carbocycles. The summed E-state index contributed by atoms with van der Waals surface area (Å²) in [6.07, 6.45) is 11.8. The second-order valence-corrected chi connectivity index (χ2v) is 12.6. The van der Waals surface area contributed by atoms with Crippen LogP contribution in [0.5, 0.6) is 11.5 Å².